The zero-order valence-electron chi connectivity index (χ0n) is 9.44. The molecule has 2 saturated carbocycles. The number of fused-ring (bicyclic) bond motifs is 1. The van der Waals surface area contributed by atoms with E-state index in [4.69, 9.17) is 5.11 Å². The summed E-state index contributed by atoms with van der Waals surface area (Å²) in [5, 5.41) is 13.1. The number of carbonyl (C=O) groups excluding carboxylic acids is 2. The van der Waals surface area contributed by atoms with Crippen molar-refractivity contribution in [1.29, 1.82) is 0 Å². The fourth-order valence-corrected chi connectivity index (χ4v) is 2.48. The van der Waals surface area contributed by atoms with Crippen LogP contribution in [0.25, 0.3) is 0 Å². The monoisotopic (exact) mass is 240 g/mol. The smallest absolute Gasteiger partial charge is 0.322 e. The quantitative estimate of drug-likeness (QED) is 0.595. The minimum Gasteiger partial charge on any atom is -0.480 e. The van der Waals surface area contributed by atoms with E-state index in [0.29, 0.717) is 0 Å². The second-order valence-electron chi connectivity index (χ2n) is 4.81. The first-order chi connectivity index (χ1) is 8.06. The van der Waals surface area contributed by atoms with Crippen LogP contribution in [0.4, 0.5) is 0 Å². The first-order valence-electron chi connectivity index (χ1n) is 5.82. The maximum atomic E-state index is 11.6. The molecule has 0 aromatic carbocycles. The van der Waals surface area contributed by atoms with Gasteiger partial charge >= 0.3 is 5.97 Å². The van der Waals surface area contributed by atoms with Gasteiger partial charge in [0.2, 0.25) is 11.8 Å². The van der Waals surface area contributed by atoms with E-state index in [9.17, 15) is 14.4 Å². The van der Waals surface area contributed by atoms with Crippen molar-refractivity contribution in [3.63, 3.8) is 0 Å². The zero-order valence-corrected chi connectivity index (χ0v) is 9.44. The van der Waals surface area contributed by atoms with E-state index in [1.165, 1.54) is 6.42 Å². The fourth-order valence-electron chi connectivity index (χ4n) is 2.48. The second kappa shape index (κ2) is 4.73. The van der Waals surface area contributed by atoms with Crippen LogP contribution in [0, 0.1) is 17.8 Å². The largest absolute Gasteiger partial charge is 0.480 e. The van der Waals surface area contributed by atoms with Gasteiger partial charge in [-0.2, -0.15) is 0 Å². The Kier molecular flexibility index (Phi) is 3.31. The van der Waals surface area contributed by atoms with Gasteiger partial charge in [-0.25, -0.2) is 0 Å². The third kappa shape index (κ3) is 3.18. The molecule has 17 heavy (non-hydrogen) atoms. The van der Waals surface area contributed by atoms with Crippen LogP contribution in [0.5, 0.6) is 0 Å². The molecule has 0 heterocycles. The zero-order chi connectivity index (χ0) is 12.4. The normalized spacial score (nSPS) is 29.3. The SMILES string of the molecule is O=C(O)CNC(=O)CNC(=O)C1CC2CC2C1. The molecule has 0 aromatic heterocycles. The molecule has 0 bridgehead atoms. The van der Waals surface area contributed by atoms with Crippen molar-refractivity contribution in [1.82, 2.24) is 10.6 Å². The molecule has 3 N–H and O–H groups in total. The van der Waals surface area contributed by atoms with Gasteiger partial charge in [-0.3, -0.25) is 14.4 Å². The highest BCUT2D eigenvalue weighted by Crippen LogP contribution is 2.54. The van der Waals surface area contributed by atoms with Gasteiger partial charge in [0, 0.05) is 5.92 Å². The van der Waals surface area contributed by atoms with E-state index < -0.39 is 18.4 Å². The molecule has 0 saturated heterocycles. The Balaban J connectivity index is 1.62. The number of carboxylic acids is 1. The number of aliphatic carboxylic acids is 1. The summed E-state index contributed by atoms with van der Waals surface area (Å²) in [7, 11) is 0. The lowest BCUT2D eigenvalue weighted by molar-refractivity contribution is -0.137. The van der Waals surface area contributed by atoms with Crippen molar-refractivity contribution in [3.8, 4) is 0 Å². The van der Waals surface area contributed by atoms with Crippen LogP contribution >= 0.6 is 0 Å². The lowest BCUT2D eigenvalue weighted by Crippen LogP contribution is -2.40. The standard InChI is InChI=1S/C11H16N2O4/c14-9(12-5-10(15)16)4-13-11(17)8-2-6-1-7(6)3-8/h6-8H,1-5H2,(H,12,14)(H,13,17)(H,15,16). The molecule has 2 atom stereocenters. The van der Waals surface area contributed by atoms with Crippen molar-refractivity contribution in [2.24, 2.45) is 17.8 Å². The Bertz CT molecular complexity index is 345. The molecule has 2 rings (SSSR count). The minimum atomic E-state index is -1.10. The first kappa shape index (κ1) is 11.9. The number of nitrogens with one attached hydrogen (secondary N) is 2. The van der Waals surface area contributed by atoms with Crippen LogP contribution in [0.1, 0.15) is 19.3 Å². The molecule has 6 nitrogen and oxygen atoms in total. The van der Waals surface area contributed by atoms with Crippen molar-refractivity contribution in [2.75, 3.05) is 13.1 Å². The molecule has 0 aliphatic heterocycles. The molecular formula is C11H16N2O4. The van der Waals surface area contributed by atoms with E-state index >= 15 is 0 Å². The molecule has 2 amide bonds. The topological polar surface area (TPSA) is 95.5 Å². The molecular weight excluding hydrogens is 224 g/mol. The van der Waals surface area contributed by atoms with Gasteiger partial charge in [0.25, 0.3) is 0 Å². The van der Waals surface area contributed by atoms with Gasteiger partial charge < -0.3 is 15.7 Å². The summed E-state index contributed by atoms with van der Waals surface area (Å²) in [5.41, 5.74) is 0. The van der Waals surface area contributed by atoms with Crippen molar-refractivity contribution in [2.45, 2.75) is 19.3 Å². The van der Waals surface area contributed by atoms with Gasteiger partial charge in [0.15, 0.2) is 0 Å². The van der Waals surface area contributed by atoms with Gasteiger partial charge in [0.1, 0.15) is 6.54 Å². The molecule has 2 aliphatic carbocycles. The Hall–Kier alpha value is -1.59. The predicted octanol–water partition coefficient (Wildman–Crippen LogP) is -0.651. The van der Waals surface area contributed by atoms with Crippen LogP contribution in [0.2, 0.25) is 0 Å². The summed E-state index contributed by atoms with van der Waals surface area (Å²) in [4.78, 5) is 33.0. The second-order valence-corrected chi connectivity index (χ2v) is 4.81. The lowest BCUT2D eigenvalue weighted by Gasteiger charge is -2.11. The summed E-state index contributed by atoms with van der Waals surface area (Å²) in [6.45, 7) is -0.555. The maximum absolute atomic E-state index is 11.6. The predicted molar refractivity (Wildman–Crippen MR) is 58.0 cm³/mol. The van der Waals surface area contributed by atoms with Gasteiger partial charge in [-0.05, 0) is 31.1 Å². The highest BCUT2D eigenvalue weighted by molar-refractivity contribution is 5.87. The van der Waals surface area contributed by atoms with Gasteiger partial charge in [-0.15, -0.1) is 0 Å². The van der Waals surface area contributed by atoms with E-state index in [2.05, 4.69) is 10.6 Å². The molecule has 2 unspecified atom stereocenters. The van der Waals surface area contributed by atoms with E-state index in [1.54, 1.807) is 0 Å². The molecule has 0 aromatic rings. The van der Waals surface area contributed by atoms with E-state index in [1.807, 2.05) is 0 Å². The summed E-state index contributed by atoms with van der Waals surface area (Å²) in [6, 6.07) is 0. The lowest BCUT2D eigenvalue weighted by atomic mass is 10.0. The molecule has 2 fully saturated rings. The molecule has 0 spiro atoms. The minimum absolute atomic E-state index is 0.0472. The third-order valence-electron chi connectivity index (χ3n) is 3.47. The van der Waals surface area contributed by atoms with E-state index in [0.717, 1.165) is 24.7 Å². The van der Waals surface area contributed by atoms with Crippen LogP contribution in [-0.2, 0) is 14.4 Å². The average molecular weight is 240 g/mol. The molecule has 94 valence electrons. The van der Waals surface area contributed by atoms with E-state index in [-0.39, 0.29) is 18.4 Å². The summed E-state index contributed by atoms with van der Waals surface area (Å²) in [5.74, 6) is -0.142. The number of carboxylic acid groups (broad SMARTS) is 1. The number of carbonyl (C=O) groups is 3. The average Bonchev–Trinajstić information content (AvgIpc) is 2.90. The molecule has 6 heteroatoms. The number of hydrogen-bond acceptors (Lipinski definition) is 3. The molecule has 0 radical (unpaired) electrons. The van der Waals surface area contributed by atoms with Crippen molar-refractivity contribution < 1.29 is 19.5 Å². The van der Waals surface area contributed by atoms with Crippen LogP contribution in [0.15, 0.2) is 0 Å². The first-order valence-corrected chi connectivity index (χ1v) is 5.82. The maximum Gasteiger partial charge on any atom is 0.322 e. The number of hydrogen-bond donors (Lipinski definition) is 3. The highest BCUT2D eigenvalue weighted by atomic mass is 16.4. The Morgan fingerprint density at radius 3 is 2.24 bits per heavy atom. The van der Waals surface area contributed by atoms with Crippen molar-refractivity contribution >= 4 is 17.8 Å². The number of amides is 2. The Labute approximate surface area is 98.8 Å². The van der Waals surface area contributed by atoms with Gasteiger partial charge in [0.05, 0.1) is 6.54 Å². The van der Waals surface area contributed by atoms with Crippen molar-refractivity contribution in [3.05, 3.63) is 0 Å². The van der Waals surface area contributed by atoms with Crippen LogP contribution in [-0.4, -0.2) is 36.0 Å². The van der Waals surface area contributed by atoms with Crippen LogP contribution in [0.3, 0.4) is 0 Å². The Morgan fingerprint density at radius 2 is 1.65 bits per heavy atom. The summed E-state index contributed by atoms with van der Waals surface area (Å²) in [6.07, 6.45) is 3.13. The van der Waals surface area contributed by atoms with Gasteiger partial charge in [-0.1, -0.05) is 0 Å². The molecule has 2 aliphatic rings. The van der Waals surface area contributed by atoms with Crippen LogP contribution < -0.4 is 10.6 Å². The number of rotatable bonds is 5. The Morgan fingerprint density at radius 1 is 1.00 bits per heavy atom. The summed E-state index contributed by atoms with van der Waals surface area (Å²) < 4.78 is 0. The third-order valence-corrected chi connectivity index (χ3v) is 3.47. The highest BCUT2D eigenvalue weighted by Gasteiger charge is 2.47. The fraction of sp³-hybridized carbons (Fsp3) is 0.727. The summed E-state index contributed by atoms with van der Waals surface area (Å²) >= 11 is 0.